The van der Waals surface area contributed by atoms with Gasteiger partial charge in [0, 0.05) is 32.1 Å². The van der Waals surface area contributed by atoms with Gasteiger partial charge in [-0.05, 0) is 54.5 Å². The van der Waals surface area contributed by atoms with Gasteiger partial charge in [-0.2, -0.15) is 4.31 Å². The minimum absolute atomic E-state index is 0.0449. The lowest BCUT2D eigenvalue weighted by Gasteiger charge is -2.36. The molecule has 2 aliphatic heterocycles. The first-order chi connectivity index (χ1) is 13.4. The van der Waals surface area contributed by atoms with Gasteiger partial charge >= 0.3 is 0 Å². The van der Waals surface area contributed by atoms with Crippen LogP contribution in [0.15, 0.2) is 47.4 Å². The Morgan fingerprint density at radius 3 is 2.21 bits per heavy atom. The van der Waals surface area contributed by atoms with Crippen molar-refractivity contribution < 1.29 is 13.2 Å². The summed E-state index contributed by atoms with van der Waals surface area (Å²) >= 11 is 0. The van der Waals surface area contributed by atoms with Crippen molar-refractivity contribution in [3.8, 4) is 0 Å². The van der Waals surface area contributed by atoms with Crippen molar-refractivity contribution in [1.29, 1.82) is 0 Å². The Labute approximate surface area is 167 Å². The molecule has 0 radical (unpaired) electrons. The third-order valence-electron chi connectivity index (χ3n) is 6.26. The van der Waals surface area contributed by atoms with E-state index in [0.717, 1.165) is 36.7 Å². The molecule has 0 atom stereocenters. The zero-order chi connectivity index (χ0) is 19.7. The highest BCUT2D eigenvalue weighted by Crippen LogP contribution is 2.28. The molecule has 0 saturated carbocycles. The number of likely N-dealkylation sites (tertiary alicyclic amines) is 1. The number of piperidine rings is 2. The molecule has 6 heteroatoms. The summed E-state index contributed by atoms with van der Waals surface area (Å²) in [6, 6.07) is 13.1. The smallest absolute Gasteiger partial charge is 0.243 e. The highest BCUT2D eigenvalue weighted by molar-refractivity contribution is 7.89. The maximum atomic E-state index is 13.1. The Balaban J connectivity index is 1.42. The molecule has 1 amide bonds. The molecule has 0 bridgehead atoms. The van der Waals surface area contributed by atoms with Crippen LogP contribution in [-0.2, 0) is 14.8 Å². The van der Waals surface area contributed by atoms with Gasteiger partial charge in [0.1, 0.15) is 0 Å². The first kappa shape index (κ1) is 19.4. The van der Waals surface area contributed by atoms with Gasteiger partial charge in [0.2, 0.25) is 15.9 Å². The molecular formula is C22H28N2O3S. The number of amides is 1. The summed E-state index contributed by atoms with van der Waals surface area (Å²) < 4.78 is 27.7. The predicted molar refractivity (Wildman–Crippen MR) is 110 cm³/mol. The number of hydrogen-bond acceptors (Lipinski definition) is 3. The molecule has 2 heterocycles. The lowest BCUT2D eigenvalue weighted by Crippen LogP contribution is -2.46. The lowest BCUT2D eigenvalue weighted by molar-refractivity contribution is -0.138. The van der Waals surface area contributed by atoms with E-state index in [2.05, 4.69) is 6.92 Å². The summed E-state index contributed by atoms with van der Waals surface area (Å²) in [7, 11) is -3.53. The fourth-order valence-corrected chi connectivity index (χ4v) is 5.81. The summed E-state index contributed by atoms with van der Waals surface area (Å²) in [5.41, 5.74) is 0. The van der Waals surface area contributed by atoms with Gasteiger partial charge in [0.25, 0.3) is 0 Å². The van der Waals surface area contributed by atoms with E-state index >= 15 is 0 Å². The molecule has 0 aliphatic carbocycles. The van der Waals surface area contributed by atoms with E-state index in [4.69, 9.17) is 0 Å². The van der Waals surface area contributed by atoms with Crippen molar-refractivity contribution in [3.05, 3.63) is 42.5 Å². The van der Waals surface area contributed by atoms with E-state index < -0.39 is 10.0 Å². The molecule has 4 rings (SSSR count). The monoisotopic (exact) mass is 400 g/mol. The van der Waals surface area contributed by atoms with Crippen LogP contribution in [-0.4, -0.2) is 49.7 Å². The van der Waals surface area contributed by atoms with Crippen molar-refractivity contribution in [2.75, 3.05) is 26.2 Å². The molecule has 2 fully saturated rings. The van der Waals surface area contributed by atoms with E-state index in [-0.39, 0.29) is 11.8 Å². The van der Waals surface area contributed by atoms with Crippen molar-refractivity contribution in [2.24, 2.45) is 11.8 Å². The predicted octanol–water partition coefficient (Wildman–Crippen LogP) is 3.50. The van der Waals surface area contributed by atoms with Crippen LogP contribution in [0.2, 0.25) is 0 Å². The lowest BCUT2D eigenvalue weighted by atomic mass is 9.93. The van der Waals surface area contributed by atoms with E-state index in [1.54, 1.807) is 16.4 Å². The van der Waals surface area contributed by atoms with Gasteiger partial charge < -0.3 is 4.90 Å². The van der Waals surface area contributed by atoms with Crippen LogP contribution in [0.5, 0.6) is 0 Å². The number of sulfonamides is 1. The number of hydrogen-bond donors (Lipinski definition) is 0. The molecule has 2 aromatic carbocycles. The first-order valence-corrected chi connectivity index (χ1v) is 11.7. The zero-order valence-corrected chi connectivity index (χ0v) is 17.2. The highest BCUT2D eigenvalue weighted by Gasteiger charge is 2.34. The van der Waals surface area contributed by atoms with Crippen molar-refractivity contribution in [1.82, 2.24) is 9.21 Å². The van der Waals surface area contributed by atoms with Gasteiger partial charge in [-0.15, -0.1) is 0 Å². The number of fused-ring (bicyclic) bond motifs is 1. The number of rotatable bonds is 3. The summed E-state index contributed by atoms with van der Waals surface area (Å²) in [4.78, 5) is 15.1. The Morgan fingerprint density at radius 2 is 1.54 bits per heavy atom. The minimum Gasteiger partial charge on any atom is -0.342 e. The van der Waals surface area contributed by atoms with Gasteiger partial charge in [-0.1, -0.05) is 37.3 Å². The Hall–Kier alpha value is -1.92. The largest absolute Gasteiger partial charge is 0.342 e. The normalized spacial score (nSPS) is 20.5. The second-order valence-electron chi connectivity index (χ2n) is 8.20. The molecule has 5 nitrogen and oxygen atoms in total. The number of carbonyl (C=O) groups is 1. The molecule has 28 heavy (non-hydrogen) atoms. The van der Waals surface area contributed by atoms with Gasteiger partial charge in [0.15, 0.2) is 0 Å². The van der Waals surface area contributed by atoms with Gasteiger partial charge in [-0.25, -0.2) is 8.42 Å². The Morgan fingerprint density at radius 1 is 0.893 bits per heavy atom. The van der Waals surface area contributed by atoms with Gasteiger partial charge in [-0.3, -0.25) is 4.79 Å². The molecule has 2 aliphatic rings. The molecule has 2 saturated heterocycles. The summed E-state index contributed by atoms with van der Waals surface area (Å²) in [5, 5.41) is 1.95. The average Bonchev–Trinajstić information content (AvgIpc) is 2.73. The molecule has 0 aromatic heterocycles. The second-order valence-corrected chi connectivity index (χ2v) is 10.1. The molecule has 2 aromatic rings. The van der Waals surface area contributed by atoms with Crippen LogP contribution in [0.25, 0.3) is 10.8 Å². The highest BCUT2D eigenvalue weighted by atomic mass is 32.2. The quantitative estimate of drug-likeness (QED) is 0.792. The third kappa shape index (κ3) is 3.80. The Bertz CT molecular complexity index is 957. The number of benzene rings is 2. The fourth-order valence-electron chi connectivity index (χ4n) is 4.31. The second kappa shape index (κ2) is 7.84. The van der Waals surface area contributed by atoms with Crippen LogP contribution in [0.3, 0.4) is 0 Å². The van der Waals surface area contributed by atoms with Crippen LogP contribution in [0.4, 0.5) is 0 Å². The van der Waals surface area contributed by atoms with Crippen LogP contribution < -0.4 is 0 Å². The maximum absolute atomic E-state index is 13.1. The number of nitrogens with zero attached hydrogens (tertiary/aromatic N) is 2. The zero-order valence-electron chi connectivity index (χ0n) is 16.4. The van der Waals surface area contributed by atoms with Crippen molar-refractivity contribution in [3.63, 3.8) is 0 Å². The minimum atomic E-state index is -3.53. The molecular weight excluding hydrogens is 372 g/mol. The van der Waals surface area contributed by atoms with Crippen LogP contribution >= 0.6 is 0 Å². The van der Waals surface area contributed by atoms with E-state index in [1.807, 2.05) is 35.2 Å². The fraction of sp³-hybridized carbons (Fsp3) is 0.500. The average molecular weight is 401 g/mol. The Kier molecular flexibility index (Phi) is 5.43. The van der Waals surface area contributed by atoms with Crippen LogP contribution in [0, 0.1) is 11.8 Å². The number of carbonyl (C=O) groups excluding carboxylic acids is 1. The summed E-state index contributed by atoms with van der Waals surface area (Å²) in [6.07, 6.45) is 3.36. The van der Waals surface area contributed by atoms with Crippen molar-refractivity contribution >= 4 is 26.7 Å². The maximum Gasteiger partial charge on any atom is 0.243 e. The van der Waals surface area contributed by atoms with Crippen molar-refractivity contribution in [2.45, 2.75) is 37.5 Å². The SMILES string of the molecule is CC1CCN(C(=O)C2CCN(S(=O)(=O)c3ccc4ccccc4c3)CC2)CC1. The molecule has 0 unspecified atom stereocenters. The van der Waals surface area contributed by atoms with Gasteiger partial charge in [0.05, 0.1) is 4.90 Å². The molecule has 150 valence electrons. The first-order valence-electron chi connectivity index (χ1n) is 10.2. The van der Waals surface area contributed by atoms with E-state index in [0.29, 0.717) is 36.7 Å². The third-order valence-corrected chi connectivity index (χ3v) is 8.15. The van der Waals surface area contributed by atoms with E-state index in [1.165, 1.54) is 0 Å². The topological polar surface area (TPSA) is 57.7 Å². The molecule has 0 spiro atoms. The molecule has 0 N–H and O–H groups in total. The summed E-state index contributed by atoms with van der Waals surface area (Å²) in [5.74, 6) is 0.865. The summed E-state index contributed by atoms with van der Waals surface area (Å²) in [6.45, 7) is 4.74. The van der Waals surface area contributed by atoms with Crippen LogP contribution in [0.1, 0.15) is 32.6 Å². The standard InChI is InChI=1S/C22H28N2O3S/c1-17-8-12-23(13-9-17)22(25)19-10-14-24(15-11-19)28(26,27)21-7-6-18-4-2-3-5-20(18)16-21/h2-7,16-17,19H,8-15H2,1H3. The van der Waals surface area contributed by atoms with E-state index in [9.17, 15) is 13.2 Å².